The normalized spacial score (nSPS) is 10.9. The lowest BCUT2D eigenvalue weighted by Crippen LogP contribution is -2.18. The molecule has 2 aromatic carbocycles. The molecule has 1 aromatic heterocycles. The highest BCUT2D eigenvalue weighted by molar-refractivity contribution is 7.92. The molecule has 1 amide bonds. The van der Waals surface area contributed by atoms with E-state index < -0.39 is 15.9 Å². The van der Waals surface area contributed by atoms with Gasteiger partial charge in [0.1, 0.15) is 11.6 Å². The van der Waals surface area contributed by atoms with E-state index in [0.717, 1.165) is 0 Å². The van der Waals surface area contributed by atoms with Crippen molar-refractivity contribution in [3.63, 3.8) is 0 Å². The number of benzene rings is 2. The van der Waals surface area contributed by atoms with Crippen LogP contribution in [-0.4, -0.2) is 31.2 Å². The Morgan fingerprint density at radius 2 is 2.03 bits per heavy atom. The van der Waals surface area contributed by atoms with Gasteiger partial charge in [-0.1, -0.05) is 17.7 Å². The number of anilines is 2. The highest BCUT2D eigenvalue weighted by Crippen LogP contribution is 2.30. The molecule has 0 saturated heterocycles. The molecule has 0 unspecified atom stereocenters. The van der Waals surface area contributed by atoms with Gasteiger partial charge in [0.25, 0.3) is 15.9 Å². The number of amides is 1. The van der Waals surface area contributed by atoms with Gasteiger partial charge in [-0.25, -0.2) is 13.1 Å². The summed E-state index contributed by atoms with van der Waals surface area (Å²) in [4.78, 5) is 12.7. The van der Waals surface area contributed by atoms with Crippen LogP contribution in [0, 0.1) is 18.3 Å². The van der Waals surface area contributed by atoms with Crippen molar-refractivity contribution >= 4 is 39.0 Å². The number of halogens is 1. The first-order valence-corrected chi connectivity index (χ1v) is 11.3. The van der Waals surface area contributed by atoms with Crippen molar-refractivity contribution < 1.29 is 17.9 Å². The van der Waals surface area contributed by atoms with Crippen molar-refractivity contribution in [2.45, 2.75) is 24.8 Å². The lowest BCUT2D eigenvalue weighted by Gasteiger charge is -2.13. The van der Waals surface area contributed by atoms with Crippen LogP contribution < -0.4 is 14.8 Å². The molecule has 0 aliphatic rings. The predicted octanol–water partition coefficient (Wildman–Crippen LogP) is 3.82. The maximum absolute atomic E-state index is 12.9. The van der Waals surface area contributed by atoms with Gasteiger partial charge >= 0.3 is 0 Å². The Labute approximate surface area is 190 Å². The number of carbonyl (C=O) groups excluding carboxylic acids is 1. The molecule has 11 heteroatoms. The summed E-state index contributed by atoms with van der Waals surface area (Å²) < 4.78 is 34.9. The van der Waals surface area contributed by atoms with E-state index in [1.807, 2.05) is 6.07 Å². The molecule has 0 bridgehead atoms. The number of nitrogens with one attached hydrogen (secondary N) is 2. The lowest BCUT2D eigenvalue weighted by molar-refractivity contribution is 0.102. The number of carbonyl (C=O) groups is 1. The number of hydrogen-bond donors (Lipinski definition) is 2. The third kappa shape index (κ3) is 5.38. The molecular formula is C21H20ClN5O4S. The smallest absolute Gasteiger partial charge is 0.262 e. The summed E-state index contributed by atoms with van der Waals surface area (Å²) in [5, 5.41) is 16.1. The molecule has 1 heterocycles. The number of ether oxygens (including phenoxy) is 1. The van der Waals surface area contributed by atoms with E-state index in [4.69, 9.17) is 21.6 Å². The summed E-state index contributed by atoms with van der Waals surface area (Å²) >= 11 is 5.97. The number of hydrogen-bond acceptors (Lipinski definition) is 6. The zero-order valence-electron chi connectivity index (χ0n) is 17.3. The number of sulfonamides is 1. The first-order chi connectivity index (χ1) is 15.2. The van der Waals surface area contributed by atoms with Crippen LogP contribution in [0.3, 0.4) is 0 Å². The largest absolute Gasteiger partial charge is 0.495 e. The summed E-state index contributed by atoms with van der Waals surface area (Å²) in [7, 11) is -2.62. The van der Waals surface area contributed by atoms with Gasteiger partial charge in [0, 0.05) is 16.7 Å². The van der Waals surface area contributed by atoms with Crippen molar-refractivity contribution in [1.82, 2.24) is 9.78 Å². The maximum Gasteiger partial charge on any atom is 0.262 e. The Hall–Kier alpha value is -3.55. The summed E-state index contributed by atoms with van der Waals surface area (Å²) in [6.07, 6.45) is 0.232. The molecule has 2 N–H and O–H groups in total. The summed E-state index contributed by atoms with van der Waals surface area (Å²) in [5.74, 6) is 0.200. The van der Waals surface area contributed by atoms with E-state index in [0.29, 0.717) is 28.8 Å². The van der Waals surface area contributed by atoms with Crippen molar-refractivity contribution in [2.24, 2.45) is 0 Å². The van der Waals surface area contributed by atoms with Gasteiger partial charge in [-0.2, -0.15) is 10.4 Å². The maximum atomic E-state index is 12.9. The molecule has 0 fully saturated rings. The molecule has 3 aromatic rings. The highest BCUT2D eigenvalue weighted by Gasteiger charge is 2.19. The Morgan fingerprint density at radius 3 is 2.75 bits per heavy atom. The summed E-state index contributed by atoms with van der Waals surface area (Å²) in [5.41, 5.74) is 0.984. The van der Waals surface area contributed by atoms with Gasteiger partial charge < -0.3 is 10.1 Å². The standard InChI is InChI=1S/C21H20ClN5O4S/c1-14-11-20(27(25-14)10-4-9-23)24-21(28)15-5-3-6-17(12-15)32(29,30)26-18-13-16(22)7-8-19(18)31-2/h3,5-8,11-13,26H,4,10H2,1-2H3,(H,24,28). The Morgan fingerprint density at radius 1 is 1.25 bits per heavy atom. The quantitative estimate of drug-likeness (QED) is 0.512. The summed E-state index contributed by atoms with van der Waals surface area (Å²) in [6.45, 7) is 2.08. The predicted molar refractivity (Wildman–Crippen MR) is 120 cm³/mol. The van der Waals surface area contributed by atoms with Gasteiger partial charge in [0.05, 0.1) is 42.4 Å². The number of aryl methyl sites for hydroxylation is 2. The Kier molecular flexibility index (Phi) is 7.02. The number of nitriles is 1. The van der Waals surface area contributed by atoms with Crippen LogP contribution in [0.25, 0.3) is 0 Å². The first-order valence-electron chi connectivity index (χ1n) is 9.42. The van der Waals surface area contributed by atoms with Crippen LogP contribution in [-0.2, 0) is 16.6 Å². The van der Waals surface area contributed by atoms with Crippen LogP contribution in [0.5, 0.6) is 5.75 Å². The van der Waals surface area contributed by atoms with Crippen molar-refractivity contribution in [1.29, 1.82) is 5.26 Å². The molecule has 32 heavy (non-hydrogen) atoms. The third-order valence-electron chi connectivity index (χ3n) is 4.39. The number of rotatable bonds is 8. The monoisotopic (exact) mass is 473 g/mol. The van der Waals surface area contributed by atoms with Crippen molar-refractivity contribution in [3.8, 4) is 11.8 Å². The second-order valence-corrected chi connectivity index (χ2v) is 8.85. The average Bonchev–Trinajstić information content (AvgIpc) is 3.11. The molecule has 166 valence electrons. The van der Waals surface area contributed by atoms with E-state index in [1.54, 1.807) is 25.1 Å². The minimum Gasteiger partial charge on any atom is -0.495 e. The lowest BCUT2D eigenvalue weighted by atomic mass is 10.2. The van der Waals surface area contributed by atoms with Gasteiger partial charge in [0.15, 0.2) is 0 Å². The fourth-order valence-corrected chi connectivity index (χ4v) is 4.21. The van der Waals surface area contributed by atoms with Crippen LogP contribution in [0.15, 0.2) is 53.4 Å². The van der Waals surface area contributed by atoms with E-state index in [2.05, 4.69) is 15.1 Å². The second-order valence-electron chi connectivity index (χ2n) is 6.73. The van der Waals surface area contributed by atoms with Crippen LogP contribution >= 0.6 is 11.6 Å². The Bertz CT molecular complexity index is 1300. The Balaban J connectivity index is 1.84. The molecule has 0 spiro atoms. The van der Waals surface area contributed by atoms with Crippen molar-refractivity contribution in [3.05, 3.63) is 64.8 Å². The van der Waals surface area contributed by atoms with Gasteiger partial charge in [-0.3, -0.25) is 9.52 Å². The van der Waals surface area contributed by atoms with E-state index in [1.165, 1.54) is 42.1 Å². The molecule has 0 saturated carbocycles. The zero-order chi connectivity index (χ0) is 23.3. The molecule has 0 aliphatic heterocycles. The van der Waals surface area contributed by atoms with E-state index in [-0.39, 0.29) is 22.6 Å². The van der Waals surface area contributed by atoms with Gasteiger partial charge in [0.2, 0.25) is 0 Å². The summed E-state index contributed by atoms with van der Waals surface area (Å²) in [6, 6.07) is 13.8. The van der Waals surface area contributed by atoms with Gasteiger partial charge in [-0.15, -0.1) is 0 Å². The topological polar surface area (TPSA) is 126 Å². The second kappa shape index (κ2) is 9.72. The van der Waals surface area contributed by atoms with E-state index >= 15 is 0 Å². The highest BCUT2D eigenvalue weighted by atomic mass is 35.5. The molecule has 0 atom stereocenters. The minimum atomic E-state index is -4.03. The third-order valence-corrected chi connectivity index (χ3v) is 5.99. The molecule has 9 nitrogen and oxygen atoms in total. The molecule has 3 rings (SSSR count). The minimum absolute atomic E-state index is 0.110. The molecular weight excluding hydrogens is 454 g/mol. The zero-order valence-corrected chi connectivity index (χ0v) is 18.9. The van der Waals surface area contributed by atoms with E-state index in [9.17, 15) is 13.2 Å². The van der Waals surface area contributed by atoms with Crippen molar-refractivity contribution in [2.75, 3.05) is 17.1 Å². The number of nitrogens with zero attached hydrogens (tertiary/aromatic N) is 3. The average molecular weight is 474 g/mol. The fourth-order valence-electron chi connectivity index (χ4n) is 2.93. The van der Waals surface area contributed by atoms with Crippen LogP contribution in [0.1, 0.15) is 22.5 Å². The van der Waals surface area contributed by atoms with Gasteiger partial charge in [-0.05, 0) is 43.3 Å². The van der Waals surface area contributed by atoms with Crippen LogP contribution in [0.2, 0.25) is 5.02 Å². The fraction of sp³-hybridized carbons (Fsp3) is 0.190. The molecule has 0 aliphatic carbocycles. The SMILES string of the molecule is COc1ccc(Cl)cc1NS(=O)(=O)c1cccc(C(=O)Nc2cc(C)nn2CCC#N)c1. The molecule has 0 radical (unpaired) electrons. The van der Waals surface area contributed by atoms with Crippen LogP contribution in [0.4, 0.5) is 11.5 Å². The number of aromatic nitrogens is 2. The number of methoxy groups -OCH3 is 1. The first kappa shape index (κ1) is 23.1.